The van der Waals surface area contributed by atoms with Crippen LogP contribution in [0.15, 0.2) is 0 Å². The summed E-state index contributed by atoms with van der Waals surface area (Å²) in [6.45, 7) is 2.63. The average Bonchev–Trinajstić information content (AvgIpc) is 2.44. The van der Waals surface area contributed by atoms with Crippen LogP contribution < -0.4 is 5.73 Å². The predicted molar refractivity (Wildman–Crippen MR) is 30.9 cm³/mol. The Balaban J connectivity index is 2.46. The maximum absolute atomic E-state index is 8.46. The standard InChI is InChI=1S/C6H10N2/c1-6(4-8)2-5(6)3-7/h5H,2-3,7H2,1H3/t5-,6?/m1/s1. The van der Waals surface area contributed by atoms with E-state index in [0.717, 1.165) is 6.42 Å². The summed E-state index contributed by atoms with van der Waals surface area (Å²) in [5, 5.41) is 8.46. The first kappa shape index (κ1) is 5.58. The molecule has 2 atom stereocenters. The number of hydrogen-bond acceptors (Lipinski definition) is 2. The second-order valence-corrected chi connectivity index (χ2v) is 2.67. The number of nitriles is 1. The predicted octanol–water partition coefficient (Wildman–Crippen LogP) is 0.495. The van der Waals surface area contributed by atoms with Crippen molar-refractivity contribution in [2.24, 2.45) is 17.1 Å². The molecule has 2 nitrogen and oxygen atoms in total. The van der Waals surface area contributed by atoms with Crippen molar-refractivity contribution < 1.29 is 0 Å². The quantitative estimate of drug-likeness (QED) is 0.534. The lowest BCUT2D eigenvalue weighted by Gasteiger charge is -1.92. The van der Waals surface area contributed by atoms with Gasteiger partial charge < -0.3 is 5.73 Å². The number of hydrogen-bond donors (Lipinski definition) is 1. The summed E-state index contributed by atoms with van der Waals surface area (Å²) in [7, 11) is 0. The molecule has 0 amide bonds. The number of nitrogens with two attached hydrogens (primary N) is 1. The Morgan fingerprint density at radius 1 is 2.00 bits per heavy atom. The third kappa shape index (κ3) is 0.597. The van der Waals surface area contributed by atoms with Gasteiger partial charge in [-0.15, -0.1) is 0 Å². The smallest absolute Gasteiger partial charge is 0.0690 e. The fourth-order valence-electron chi connectivity index (χ4n) is 0.933. The number of rotatable bonds is 1. The monoisotopic (exact) mass is 110 g/mol. The van der Waals surface area contributed by atoms with E-state index in [4.69, 9.17) is 11.0 Å². The molecule has 2 heteroatoms. The third-order valence-electron chi connectivity index (χ3n) is 1.95. The van der Waals surface area contributed by atoms with E-state index < -0.39 is 0 Å². The molecule has 0 spiro atoms. The average molecular weight is 110 g/mol. The molecule has 1 rings (SSSR count). The SMILES string of the molecule is CC1(C#N)C[C@@H]1CN. The molecule has 44 valence electrons. The molecular formula is C6H10N2. The van der Waals surface area contributed by atoms with Crippen molar-refractivity contribution >= 4 is 0 Å². The normalized spacial score (nSPS) is 43.4. The molecule has 0 heterocycles. The van der Waals surface area contributed by atoms with Crippen LogP contribution in [0.5, 0.6) is 0 Å². The molecule has 1 aliphatic rings. The molecule has 1 unspecified atom stereocenters. The van der Waals surface area contributed by atoms with Crippen molar-refractivity contribution in [1.29, 1.82) is 5.26 Å². The molecule has 0 aromatic carbocycles. The second kappa shape index (κ2) is 1.46. The van der Waals surface area contributed by atoms with Crippen molar-refractivity contribution in [3.8, 4) is 6.07 Å². The minimum absolute atomic E-state index is 0.0608. The van der Waals surface area contributed by atoms with Crippen LogP contribution >= 0.6 is 0 Å². The van der Waals surface area contributed by atoms with Gasteiger partial charge in [-0.05, 0) is 25.8 Å². The Morgan fingerprint density at radius 2 is 2.62 bits per heavy atom. The van der Waals surface area contributed by atoms with E-state index in [1.54, 1.807) is 0 Å². The van der Waals surface area contributed by atoms with Crippen LogP contribution in [0.1, 0.15) is 13.3 Å². The summed E-state index contributed by atoms with van der Waals surface area (Å²) < 4.78 is 0. The highest BCUT2D eigenvalue weighted by Crippen LogP contribution is 2.50. The van der Waals surface area contributed by atoms with Crippen LogP contribution in [-0.2, 0) is 0 Å². The molecular weight excluding hydrogens is 100 g/mol. The van der Waals surface area contributed by atoms with Crippen molar-refractivity contribution in [2.45, 2.75) is 13.3 Å². The lowest BCUT2D eigenvalue weighted by atomic mass is 10.1. The Labute approximate surface area is 49.3 Å². The lowest BCUT2D eigenvalue weighted by Crippen LogP contribution is -2.06. The van der Waals surface area contributed by atoms with E-state index in [0.29, 0.717) is 12.5 Å². The van der Waals surface area contributed by atoms with Gasteiger partial charge in [0.2, 0.25) is 0 Å². The summed E-state index contributed by atoms with van der Waals surface area (Å²) in [6.07, 6.45) is 1.00. The van der Waals surface area contributed by atoms with Gasteiger partial charge in [-0.3, -0.25) is 0 Å². The van der Waals surface area contributed by atoms with E-state index >= 15 is 0 Å². The van der Waals surface area contributed by atoms with Gasteiger partial charge in [0.05, 0.1) is 11.5 Å². The zero-order valence-corrected chi connectivity index (χ0v) is 5.02. The molecule has 1 saturated carbocycles. The van der Waals surface area contributed by atoms with Crippen molar-refractivity contribution in [1.82, 2.24) is 0 Å². The molecule has 1 aliphatic carbocycles. The van der Waals surface area contributed by atoms with E-state index in [1.165, 1.54) is 0 Å². The van der Waals surface area contributed by atoms with Crippen molar-refractivity contribution in [3.63, 3.8) is 0 Å². The Bertz CT molecular complexity index is 136. The van der Waals surface area contributed by atoms with Crippen LogP contribution in [-0.4, -0.2) is 6.54 Å². The summed E-state index contributed by atoms with van der Waals surface area (Å²) in [5.41, 5.74) is 5.27. The fraction of sp³-hybridized carbons (Fsp3) is 0.833. The van der Waals surface area contributed by atoms with Gasteiger partial charge >= 0.3 is 0 Å². The molecule has 0 saturated heterocycles. The molecule has 2 N–H and O–H groups in total. The first-order valence-corrected chi connectivity index (χ1v) is 2.84. The zero-order chi connectivity index (χ0) is 6.20. The Hall–Kier alpha value is -0.550. The maximum Gasteiger partial charge on any atom is 0.0690 e. The van der Waals surface area contributed by atoms with Gasteiger partial charge in [0, 0.05) is 0 Å². The topological polar surface area (TPSA) is 49.8 Å². The van der Waals surface area contributed by atoms with Gasteiger partial charge in [-0.25, -0.2) is 0 Å². The summed E-state index contributed by atoms with van der Waals surface area (Å²) in [6, 6.07) is 2.24. The minimum Gasteiger partial charge on any atom is -0.330 e. The number of nitrogens with zero attached hydrogens (tertiary/aromatic N) is 1. The summed E-state index contributed by atoms with van der Waals surface area (Å²) in [4.78, 5) is 0. The minimum atomic E-state index is -0.0608. The third-order valence-corrected chi connectivity index (χ3v) is 1.95. The van der Waals surface area contributed by atoms with Crippen LogP contribution in [0, 0.1) is 22.7 Å². The lowest BCUT2D eigenvalue weighted by molar-refractivity contribution is 0.647. The molecule has 8 heavy (non-hydrogen) atoms. The van der Waals surface area contributed by atoms with Gasteiger partial charge in [0.15, 0.2) is 0 Å². The van der Waals surface area contributed by atoms with Crippen molar-refractivity contribution in [2.75, 3.05) is 6.54 Å². The molecule has 0 radical (unpaired) electrons. The van der Waals surface area contributed by atoms with Gasteiger partial charge in [-0.2, -0.15) is 5.26 Å². The largest absolute Gasteiger partial charge is 0.330 e. The molecule has 0 bridgehead atoms. The van der Waals surface area contributed by atoms with Crippen molar-refractivity contribution in [3.05, 3.63) is 0 Å². The Kier molecular flexibility index (Phi) is 1.02. The van der Waals surface area contributed by atoms with E-state index in [2.05, 4.69) is 6.07 Å². The summed E-state index contributed by atoms with van der Waals surface area (Å²) >= 11 is 0. The summed E-state index contributed by atoms with van der Waals surface area (Å²) in [5.74, 6) is 0.479. The van der Waals surface area contributed by atoms with Crippen LogP contribution in [0.4, 0.5) is 0 Å². The van der Waals surface area contributed by atoms with E-state index in [-0.39, 0.29) is 5.41 Å². The van der Waals surface area contributed by atoms with Gasteiger partial charge in [0.25, 0.3) is 0 Å². The highest BCUT2D eigenvalue weighted by molar-refractivity contribution is 5.13. The molecule has 0 aromatic heterocycles. The van der Waals surface area contributed by atoms with Crippen LogP contribution in [0.25, 0.3) is 0 Å². The zero-order valence-electron chi connectivity index (χ0n) is 5.02. The van der Waals surface area contributed by atoms with Gasteiger partial charge in [-0.1, -0.05) is 0 Å². The molecule has 0 aromatic rings. The van der Waals surface area contributed by atoms with Gasteiger partial charge in [0.1, 0.15) is 0 Å². The highest BCUT2D eigenvalue weighted by Gasteiger charge is 2.49. The van der Waals surface area contributed by atoms with Crippen LogP contribution in [0.3, 0.4) is 0 Å². The van der Waals surface area contributed by atoms with E-state index in [9.17, 15) is 0 Å². The Morgan fingerprint density at radius 3 is 2.75 bits per heavy atom. The fourth-order valence-corrected chi connectivity index (χ4v) is 0.933. The first-order valence-electron chi connectivity index (χ1n) is 2.84. The molecule has 1 fully saturated rings. The first-order chi connectivity index (χ1) is 3.73. The van der Waals surface area contributed by atoms with Crippen LogP contribution in [0.2, 0.25) is 0 Å². The second-order valence-electron chi connectivity index (χ2n) is 2.67. The molecule has 0 aliphatic heterocycles. The maximum atomic E-state index is 8.46. The highest BCUT2D eigenvalue weighted by atomic mass is 14.7. The van der Waals surface area contributed by atoms with E-state index in [1.807, 2.05) is 6.92 Å².